The maximum Gasteiger partial charge on any atom is 0.247 e. The topological polar surface area (TPSA) is 99.7 Å². The van der Waals surface area contributed by atoms with Gasteiger partial charge in [0.25, 0.3) is 0 Å². The number of hydrogen-bond acceptors (Lipinski definition) is 5. The number of nitrogens with one attached hydrogen (secondary N) is 1. The lowest BCUT2D eigenvalue weighted by atomic mass is 9.95. The number of halogens is 1. The average Bonchev–Trinajstić information content (AvgIpc) is 2.86. The SMILES string of the molecule is CC1(C(=O)NCc2ccc(F)cc2)CN(S(=O)(=O)c2ccccc2)CC(=O)N1Cc1ccccn1. The lowest BCUT2D eigenvalue weighted by molar-refractivity contribution is -0.153. The normalized spacial score (nSPS) is 18.9. The molecule has 0 aliphatic carbocycles. The molecule has 2 heterocycles. The molecule has 1 unspecified atom stereocenters. The van der Waals surface area contributed by atoms with Crippen LogP contribution in [0.25, 0.3) is 0 Å². The zero-order chi connectivity index (χ0) is 25.1. The molecule has 4 rings (SSSR count). The standard InChI is InChI=1S/C25H25FN4O4S/c1-25(24(32)28-15-19-10-12-20(26)13-11-19)18-29(35(33,34)22-8-3-2-4-9-22)17-23(31)30(25)16-21-7-5-6-14-27-21/h2-14H,15-18H2,1H3,(H,28,32). The van der Waals surface area contributed by atoms with Crippen LogP contribution in [0.1, 0.15) is 18.2 Å². The van der Waals surface area contributed by atoms with E-state index in [1.54, 1.807) is 61.7 Å². The Kier molecular flexibility index (Phi) is 6.95. The van der Waals surface area contributed by atoms with E-state index in [-0.39, 0.29) is 24.5 Å². The second-order valence-corrected chi connectivity index (χ2v) is 10.4. The Morgan fingerprint density at radius 1 is 1.06 bits per heavy atom. The van der Waals surface area contributed by atoms with E-state index in [2.05, 4.69) is 10.3 Å². The Balaban J connectivity index is 1.64. The van der Waals surface area contributed by atoms with Gasteiger partial charge in [0.2, 0.25) is 21.8 Å². The number of aromatic nitrogens is 1. The number of amides is 2. The predicted octanol–water partition coefficient (Wildman–Crippen LogP) is 2.33. The first-order chi connectivity index (χ1) is 16.7. The fraction of sp³-hybridized carbons (Fsp3) is 0.240. The average molecular weight is 497 g/mol. The van der Waals surface area contributed by atoms with Gasteiger partial charge in [0.05, 0.1) is 23.7 Å². The molecule has 0 bridgehead atoms. The van der Waals surface area contributed by atoms with Crippen molar-refractivity contribution in [1.82, 2.24) is 19.5 Å². The molecular formula is C25H25FN4O4S. The molecule has 3 aromatic rings. The Morgan fingerprint density at radius 3 is 2.40 bits per heavy atom. The van der Waals surface area contributed by atoms with Crippen LogP contribution in [0.2, 0.25) is 0 Å². The van der Waals surface area contributed by atoms with Crippen molar-refractivity contribution in [3.63, 3.8) is 0 Å². The second-order valence-electron chi connectivity index (χ2n) is 8.47. The number of nitrogens with zero attached hydrogens (tertiary/aromatic N) is 3. The van der Waals surface area contributed by atoms with Gasteiger partial charge in [0.1, 0.15) is 11.4 Å². The van der Waals surface area contributed by atoms with Gasteiger partial charge in [-0.15, -0.1) is 0 Å². The number of carbonyl (C=O) groups excluding carboxylic acids is 2. The number of benzene rings is 2. The number of pyridine rings is 1. The lowest BCUT2D eigenvalue weighted by Gasteiger charge is -2.46. The second kappa shape index (κ2) is 9.93. The summed E-state index contributed by atoms with van der Waals surface area (Å²) in [6, 6.07) is 18.7. The summed E-state index contributed by atoms with van der Waals surface area (Å²) >= 11 is 0. The van der Waals surface area contributed by atoms with Gasteiger partial charge in [-0.3, -0.25) is 14.6 Å². The molecule has 0 saturated carbocycles. The van der Waals surface area contributed by atoms with Crippen molar-refractivity contribution in [2.45, 2.75) is 30.4 Å². The van der Waals surface area contributed by atoms with E-state index >= 15 is 0 Å². The summed E-state index contributed by atoms with van der Waals surface area (Å²) in [7, 11) is -4.02. The van der Waals surface area contributed by atoms with Gasteiger partial charge >= 0.3 is 0 Å². The molecule has 1 N–H and O–H groups in total. The van der Waals surface area contributed by atoms with E-state index in [0.717, 1.165) is 4.31 Å². The summed E-state index contributed by atoms with van der Waals surface area (Å²) < 4.78 is 40.9. The van der Waals surface area contributed by atoms with Gasteiger partial charge in [0.15, 0.2) is 0 Å². The monoisotopic (exact) mass is 496 g/mol. The number of piperazine rings is 1. The van der Waals surface area contributed by atoms with Crippen molar-refractivity contribution in [2.24, 2.45) is 0 Å². The summed E-state index contributed by atoms with van der Waals surface area (Å²) in [5, 5.41) is 2.78. The summed E-state index contributed by atoms with van der Waals surface area (Å²) in [5.41, 5.74) is -0.289. The summed E-state index contributed by atoms with van der Waals surface area (Å²) in [5.74, 6) is -1.44. The van der Waals surface area contributed by atoms with Crippen LogP contribution in [0, 0.1) is 5.82 Å². The van der Waals surface area contributed by atoms with E-state index in [1.807, 2.05) is 0 Å². The third kappa shape index (κ3) is 5.23. The highest BCUT2D eigenvalue weighted by molar-refractivity contribution is 7.89. The largest absolute Gasteiger partial charge is 0.350 e. The van der Waals surface area contributed by atoms with Gasteiger partial charge in [-0.2, -0.15) is 4.31 Å². The molecule has 1 aliphatic rings. The van der Waals surface area contributed by atoms with Gasteiger partial charge in [-0.05, 0) is 48.9 Å². The maximum absolute atomic E-state index is 13.5. The van der Waals surface area contributed by atoms with Crippen LogP contribution < -0.4 is 5.32 Å². The van der Waals surface area contributed by atoms with Gasteiger partial charge in [-0.1, -0.05) is 36.4 Å². The van der Waals surface area contributed by atoms with Crippen LogP contribution in [-0.2, 0) is 32.7 Å². The van der Waals surface area contributed by atoms with E-state index in [0.29, 0.717) is 11.3 Å². The first-order valence-corrected chi connectivity index (χ1v) is 12.4. The first-order valence-electron chi connectivity index (χ1n) is 11.0. The molecule has 1 aromatic heterocycles. The molecule has 1 fully saturated rings. The van der Waals surface area contributed by atoms with Crippen LogP contribution in [0.3, 0.4) is 0 Å². The lowest BCUT2D eigenvalue weighted by Crippen LogP contribution is -2.69. The quantitative estimate of drug-likeness (QED) is 0.541. The molecule has 1 atom stereocenters. The molecule has 1 saturated heterocycles. The van der Waals surface area contributed by atoms with Crippen molar-refractivity contribution < 1.29 is 22.4 Å². The zero-order valence-electron chi connectivity index (χ0n) is 19.1. The smallest absolute Gasteiger partial charge is 0.247 e. The maximum atomic E-state index is 13.5. The van der Waals surface area contributed by atoms with Crippen molar-refractivity contribution in [3.8, 4) is 0 Å². The van der Waals surface area contributed by atoms with Crippen LogP contribution >= 0.6 is 0 Å². The minimum Gasteiger partial charge on any atom is -0.350 e. The van der Waals surface area contributed by atoms with Crippen molar-refractivity contribution in [2.75, 3.05) is 13.1 Å². The summed E-state index contributed by atoms with van der Waals surface area (Å²) in [4.78, 5) is 32.4. The molecule has 2 aromatic carbocycles. The van der Waals surface area contributed by atoms with Gasteiger partial charge in [-0.25, -0.2) is 12.8 Å². The molecule has 8 nitrogen and oxygen atoms in total. The molecule has 182 valence electrons. The third-order valence-electron chi connectivity index (χ3n) is 5.98. The molecule has 2 amide bonds. The summed E-state index contributed by atoms with van der Waals surface area (Å²) in [6.45, 7) is 1.04. The highest BCUT2D eigenvalue weighted by atomic mass is 32.2. The van der Waals surface area contributed by atoms with Crippen molar-refractivity contribution >= 4 is 21.8 Å². The third-order valence-corrected chi connectivity index (χ3v) is 7.78. The van der Waals surface area contributed by atoms with E-state index in [4.69, 9.17) is 0 Å². The van der Waals surface area contributed by atoms with Gasteiger partial charge < -0.3 is 10.2 Å². The zero-order valence-corrected chi connectivity index (χ0v) is 19.9. The molecule has 10 heteroatoms. The van der Waals surface area contributed by atoms with Gasteiger partial charge in [0, 0.05) is 19.3 Å². The Labute approximate surface area is 203 Å². The molecular weight excluding hydrogens is 471 g/mol. The minimum absolute atomic E-state index is 0.0410. The number of hydrogen-bond donors (Lipinski definition) is 1. The van der Waals surface area contributed by atoms with Crippen LogP contribution in [0.4, 0.5) is 4.39 Å². The highest BCUT2D eigenvalue weighted by Gasteiger charge is 2.50. The molecule has 0 radical (unpaired) electrons. The number of rotatable bonds is 7. The molecule has 0 spiro atoms. The van der Waals surface area contributed by atoms with Crippen LogP contribution in [0.5, 0.6) is 0 Å². The van der Waals surface area contributed by atoms with E-state index in [1.165, 1.54) is 29.2 Å². The van der Waals surface area contributed by atoms with Crippen LogP contribution in [0.15, 0.2) is 83.9 Å². The number of sulfonamides is 1. The first kappa shape index (κ1) is 24.5. The van der Waals surface area contributed by atoms with E-state index in [9.17, 15) is 22.4 Å². The fourth-order valence-corrected chi connectivity index (χ4v) is 5.49. The fourth-order valence-electron chi connectivity index (χ4n) is 3.99. The number of carbonyl (C=O) groups is 2. The minimum atomic E-state index is -4.02. The van der Waals surface area contributed by atoms with Crippen LogP contribution in [-0.4, -0.2) is 53.0 Å². The summed E-state index contributed by atoms with van der Waals surface area (Å²) in [6.07, 6.45) is 1.59. The Hall–Kier alpha value is -3.63. The Morgan fingerprint density at radius 2 is 1.74 bits per heavy atom. The molecule has 35 heavy (non-hydrogen) atoms. The highest BCUT2D eigenvalue weighted by Crippen LogP contribution is 2.29. The van der Waals surface area contributed by atoms with E-state index < -0.39 is 39.7 Å². The Bertz CT molecular complexity index is 1300. The van der Waals surface area contributed by atoms with Crippen molar-refractivity contribution in [3.05, 3.63) is 96.1 Å². The molecule has 1 aliphatic heterocycles. The van der Waals surface area contributed by atoms with Crippen molar-refractivity contribution in [1.29, 1.82) is 0 Å². The predicted molar refractivity (Wildman–Crippen MR) is 127 cm³/mol.